The fourth-order valence-corrected chi connectivity index (χ4v) is 7.23. The van der Waals surface area contributed by atoms with Crippen LogP contribution in [0.1, 0.15) is 251 Å². The van der Waals surface area contributed by atoms with Crippen molar-refractivity contribution in [3.8, 4) is 0 Å². The molecule has 0 aromatic rings. The van der Waals surface area contributed by atoms with Crippen molar-refractivity contribution in [1.82, 2.24) is 0 Å². The molecule has 0 aliphatic heterocycles. The topological polar surface area (TPSA) is 0 Å². The molecule has 0 heteroatoms. The molecule has 0 aliphatic carbocycles. The Morgan fingerprint density at radius 3 is 0.705 bits per heavy atom. The lowest BCUT2D eigenvalue weighted by Gasteiger charge is -2.16. The SMILES string of the molecule is C=CCCCCCCCCCCCCCCCCCCC(CCC)CCCCCCCCCCCCCCCCCCC=C. The van der Waals surface area contributed by atoms with E-state index in [4.69, 9.17) is 0 Å². The largest absolute Gasteiger partial charge is 0.103 e. The molecule has 0 radical (unpaired) electrons. The molecule has 0 unspecified atom stereocenters. The highest BCUT2D eigenvalue weighted by atomic mass is 14.1. The fraction of sp³-hybridized carbons (Fsp3) is 0.909. The lowest BCUT2D eigenvalue weighted by molar-refractivity contribution is 0.376. The van der Waals surface area contributed by atoms with Crippen LogP contribution in [-0.4, -0.2) is 0 Å². The number of hydrogen-bond donors (Lipinski definition) is 0. The first-order valence-corrected chi connectivity index (χ1v) is 21.1. The quantitative estimate of drug-likeness (QED) is 0.0476. The predicted octanol–water partition coefficient (Wildman–Crippen LogP) is 16.8. The molecule has 0 atom stereocenters. The summed E-state index contributed by atoms with van der Waals surface area (Å²) < 4.78 is 0. The van der Waals surface area contributed by atoms with Crippen molar-refractivity contribution in [2.45, 2.75) is 251 Å². The molecular formula is C44H86. The Balaban J connectivity index is 3.34. The van der Waals surface area contributed by atoms with Crippen LogP contribution in [0.15, 0.2) is 25.3 Å². The van der Waals surface area contributed by atoms with Crippen LogP contribution in [-0.2, 0) is 0 Å². The third-order valence-electron chi connectivity index (χ3n) is 10.2. The monoisotopic (exact) mass is 615 g/mol. The molecule has 0 fully saturated rings. The van der Waals surface area contributed by atoms with Crippen molar-refractivity contribution in [1.29, 1.82) is 0 Å². The van der Waals surface area contributed by atoms with Crippen molar-refractivity contribution in [2.24, 2.45) is 5.92 Å². The molecule has 44 heavy (non-hydrogen) atoms. The summed E-state index contributed by atoms with van der Waals surface area (Å²) in [5.41, 5.74) is 0. The average Bonchev–Trinajstić information content (AvgIpc) is 3.03. The van der Waals surface area contributed by atoms with Gasteiger partial charge in [-0.15, -0.1) is 13.2 Å². The van der Waals surface area contributed by atoms with Gasteiger partial charge in [-0.25, -0.2) is 0 Å². The van der Waals surface area contributed by atoms with E-state index in [1.54, 1.807) is 0 Å². The molecule has 0 heterocycles. The number of allylic oxidation sites excluding steroid dienone is 2. The summed E-state index contributed by atoms with van der Waals surface area (Å²) in [6.07, 6.45) is 59.3. The molecule has 0 N–H and O–H groups in total. The van der Waals surface area contributed by atoms with E-state index in [1.165, 1.54) is 244 Å². The third-order valence-corrected chi connectivity index (χ3v) is 10.2. The van der Waals surface area contributed by atoms with Crippen LogP contribution in [0.5, 0.6) is 0 Å². The van der Waals surface area contributed by atoms with Gasteiger partial charge in [0, 0.05) is 0 Å². The zero-order chi connectivity index (χ0) is 31.9. The van der Waals surface area contributed by atoms with Crippen LogP contribution in [0, 0.1) is 5.92 Å². The van der Waals surface area contributed by atoms with Crippen molar-refractivity contribution in [3.05, 3.63) is 25.3 Å². The molecule has 0 spiro atoms. The van der Waals surface area contributed by atoms with Gasteiger partial charge >= 0.3 is 0 Å². The first-order chi connectivity index (χ1) is 21.8. The highest BCUT2D eigenvalue weighted by molar-refractivity contribution is 4.66. The Morgan fingerprint density at radius 2 is 0.500 bits per heavy atom. The zero-order valence-corrected chi connectivity index (χ0v) is 31.0. The Kier molecular flexibility index (Phi) is 40.0. The highest BCUT2D eigenvalue weighted by Gasteiger charge is 2.07. The van der Waals surface area contributed by atoms with E-state index in [9.17, 15) is 0 Å². The number of hydrogen-bond acceptors (Lipinski definition) is 0. The van der Waals surface area contributed by atoms with Gasteiger partial charge in [0.15, 0.2) is 0 Å². The van der Waals surface area contributed by atoms with Crippen molar-refractivity contribution >= 4 is 0 Å². The zero-order valence-electron chi connectivity index (χ0n) is 31.0. The summed E-state index contributed by atoms with van der Waals surface area (Å²) >= 11 is 0. The Bertz CT molecular complexity index is 474. The molecule has 0 rings (SSSR count). The Labute approximate surface area is 281 Å². The minimum atomic E-state index is 1.02. The number of unbranched alkanes of at least 4 members (excludes halogenated alkanes) is 32. The molecule has 0 saturated heterocycles. The van der Waals surface area contributed by atoms with E-state index in [-0.39, 0.29) is 0 Å². The summed E-state index contributed by atoms with van der Waals surface area (Å²) in [5.74, 6) is 1.02. The average molecular weight is 615 g/mol. The maximum absolute atomic E-state index is 3.81. The smallest absolute Gasteiger partial charge is 0.0353 e. The molecule has 0 aliphatic rings. The molecule has 0 aromatic heterocycles. The van der Waals surface area contributed by atoms with Crippen molar-refractivity contribution < 1.29 is 0 Å². The van der Waals surface area contributed by atoms with Crippen LogP contribution in [0.25, 0.3) is 0 Å². The van der Waals surface area contributed by atoms with Gasteiger partial charge in [-0.1, -0.05) is 237 Å². The minimum Gasteiger partial charge on any atom is -0.103 e. The first-order valence-electron chi connectivity index (χ1n) is 21.1. The van der Waals surface area contributed by atoms with Gasteiger partial charge in [0.25, 0.3) is 0 Å². The summed E-state index contributed by atoms with van der Waals surface area (Å²) in [6, 6.07) is 0. The second-order valence-electron chi connectivity index (χ2n) is 14.7. The van der Waals surface area contributed by atoms with E-state index in [0.717, 1.165) is 5.92 Å². The molecule has 0 nitrogen and oxygen atoms in total. The molecule has 0 saturated carbocycles. The highest BCUT2D eigenvalue weighted by Crippen LogP contribution is 2.24. The molecule has 0 amide bonds. The summed E-state index contributed by atoms with van der Waals surface area (Å²) in [4.78, 5) is 0. The maximum atomic E-state index is 3.81. The normalized spacial score (nSPS) is 11.5. The molecule has 262 valence electrons. The van der Waals surface area contributed by atoms with Gasteiger partial charge in [0.1, 0.15) is 0 Å². The molecule has 0 aromatic carbocycles. The van der Waals surface area contributed by atoms with Crippen LogP contribution in [0.2, 0.25) is 0 Å². The Hall–Kier alpha value is -0.520. The second kappa shape index (κ2) is 40.5. The summed E-state index contributed by atoms with van der Waals surface area (Å²) in [6.45, 7) is 10.0. The Morgan fingerprint density at radius 1 is 0.295 bits per heavy atom. The van der Waals surface area contributed by atoms with Gasteiger partial charge < -0.3 is 0 Å². The number of rotatable bonds is 40. The van der Waals surface area contributed by atoms with Gasteiger partial charge in [0.2, 0.25) is 0 Å². The van der Waals surface area contributed by atoms with Crippen LogP contribution in [0.3, 0.4) is 0 Å². The van der Waals surface area contributed by atoms with Crippen LogP contribution < -0.4 is 0 Å². The van der Waals surface area contributed by atoms with Crippen molar-refractivity contribution in [3.63, 3.8) is 0 Å². The summed E-state index contributed by atoms with van der Waals surface area (Å²) in [5, 5.41) is 0. The van der Waals surface area contributed by atoms with E-state index >= 15 is 0 Å². The molecule has 0 bridgehead atoms. The van der Waals surface area contributed by atoms with Gasteiger partial charge in [-0.2, -0.15) is 0 Å². The van der Waals surface area contributed by atoms with Gasteiger partial charge in [0.05, 0.1) is 0 Å². The van der Waals surface area contributed by atoms with Gasteiger partial charge in [-0.3, -0.25) is 0 Å². The fourth-order valence-electron chi connectivity index (χ4n) is 7.23. The van der Waals surface area contributed by atoms with Crippen LogP contribution >= 0.6 is 0 Å². The van der Waals surface area contributed by atoms with E-state index in [0.29, 0.717) is 0 Å². The van der Waals surface area contributed by atoms with E-state index < -0.39 is 0 Å². The second-order valence-corrected chi connectivity index (χ2v) is 14.7. The molecular weight excluding hydrogens is 528 g/mol. The standard InChI is InChI=1S/C44H86/c1-4-7-9-11-13-15-17-19-21-23-25-27-29-31-33-35-37-39-42-44(41-6-3)43-40-38-36-34-32-30-28-26-24-22-20-18-16-14-12-10-8-5-2/h4-5,44H,1-2,6-43H2,3H3. The predicted molar refractivity (Wildman–Crippen MR) is 205 cm³/mol. The van der Waals surface area contributed by atoms with Crippen molar-refractivity contribution in [2.75, 3.05) is 0 Å². The minimum absolute atomic E-state index is 1.02. The third kappa shape index (κ3) is 37.7. The first kappa shape index (κ1) is 43.5. The lowest BCUT2D eigenvalue weighted by Crippen LogP contribution is -2.00. The van der Waals surface area contributed by atoms with E-state index in [2.05, 4.69) is 32.2 Å². The lowest BCUT2D eigenvalue weighted by atomic mass is 9.90. The van der Waals surface area contributed by atoms with Crippen LogP contribution in [0.4, 0.5) is 0 Å². The maximum Gasteiger partial charge on any atom is -0.0353 e. The summed E-state index contributed by atoms with van der Waals surface area (Å²) in [7, 11) is 0. The van der Waals surface area contributed by atoms with E-state index in [1.807, 2.05) is 0 Å². The van der Waals surface area contributed by atoms with Gasteiger partial charge in [-0.05, 0) is 31.6 Å².